The lowest BCUT2D eigenvalue weighted by Gasteiger charge is -2.11. The van der Waals surface area contributed by atoms with Crippen molar-refractivity contribution in [3.63, 3.8) is 0 Å². The summed E-state index contributed by atoms with van der Waals surface area (Å²) in [5.74, 6) is 0. The Labute approximate surface area is 94.9 Å². The molecule has 1 aromatic carbocycles. The SMILES string of the molecule is CN(C)Cc1ccccc1C=NNC(N)=O. The van der Waals surface area contributed by atoms with Gasteiger partial charge >= 0.3 is 6.03 Å². The Morgan fingerprint density at radius 2 is 2.19 bits per heavy atom. The van der Waals surface area contributed by atoms with E-state index in [2.05, 4.69) is 15.4 Å². The van der Waals surface area contributed by atoms with Gasteiger partial charge in [0.2, 0.25) is 0 Å². The maximum atomic E-state index is 10.4. The summed E-state index contributed by atoms with van der Waals surface area (Å²) >= 11 is 0. The number of benzene rings is 1. The van der Waals surface area contributed by atoms with Gasteiger partial charge in [-0.25, -0.2) is 10.2 Å². The van der Waals surface area contributed by atoms with Gasteiger partial charge in [0.15, 0.2) is 0 Å². The standard InChI is InChI=1S/C11H16N4O/c1-15(2)8-10-6-4-3-5-9(10)7-13-14-11(12)16/h3-7H,8H2,1-2H3,(H3,12,14,16). The first-order chi connectivity index (χ1) is 7.59. The third-order valence-electron chi connectivity index (χ3n) is 1.92. The molecule has 1 aromatic rings. The summed E-state index contributed by atoms with van der Waals surface area (Å²) in [6.07, 6.45) is 1.59. The third-order valence-corrected chi connectivity index (χ3v) is 1.92. The van der Waals surface area contributed by atoms with E-state index in [0.29, 0.717) is 0 Å². The van der Waals surface area contributed by atoms with Crippen LogP contribution >= 0.6 is 0 Å². The first kappa shape index (κ1) is 12.2. The van der Waals surface area contributed by atoms with Gasteiger partial charge in [0, 0.05) is 6.54 Å². The zero-order valence-electron chi connectivity index (χ0n) is 9.47. The second kappa shape index (κ2) is 5.87. The zero-order chi connectivity index (χ0) is 12.0. The average Bonchev–Trinajstić information content (AvgIpc) is 2.19. The number of carbonyl (C=O) groups excluding carboxylic acids is 1. The van der Waals surface area contributed by atoms with Crippen molar-refractivity contribution in [3.05, 3.63) is 35.4 Å². The van der Waals surface area contributed by atoms with E-state index < -0.39 is 6.03 Å². The fourth-order valence-corrected chi connectivity index (χ4v) is 1.31. The highest BCUT2D eigenvalue weighted by molar-refractivity contribution is 5.83. The maximum Gasteiger partial charge on any atom is 0.332 e. The molecule has 1 rings (SSSR count). The summed E-state index contributed by atoms with van der Waals surface area (Å²) in [5, 5.41) is 3.74. The normalized spacial score (nSPS) is 10.9. The van der Waals surface area contributed by atoms with Gasteiger partial charge in [-0.15, -0.1) is 0 Å². The molecule has 86 valence electrons. The van der Waals surface area contributed by atoms with E-state index in [0.717, 1.165) is 17.7 Å². The number of hydrogen-bond acceptors (Lipinski definition) is 3. The molecule has 0 fully saturated rings. The molecule has 0 saturated carbocycles. The molecule has 0 saturated heterocycles. The fourth-order valence-electron chi connectivity index (χ4n) is 1.31. The van der Waals surface area contributed by atoms with Crippen molar-refractivity contribution >= 4 is 12.2 Å². The minimum atomic E-state index is -0.665. The topological polar surface area (TPSA) is 70.7 Å². The molecule has 0 spiro atoms. The van der Waals surface area contributed by atoms with Crippen LogP contribution in [0.3, 0.4) is 0 Å². The van der Waals surface area contributed by atoms with E-state index in [-0.39, 0.29) is 0 Å². The van der Waals surface area contributed by atoms with E-state index >= 15 is 0 Å². The molecule has 16 heavy (non-hydrogen) atoms. The van der Waals surface area contributed by atoms with Crippen LogP contribution < -0.4 is 11.2 Å². The number of hydrazone groups is 1. The van der Waals surface area contributed by atoms with E-state index in [1.807, 2.05) is 38.4 Å². The third kappa shape index (κ3) is 4.10. The second-order valence-electron chi connectivity index (χ2n) is 3.67. The molecule has 0 atom stereocenters. The van der Waals surface area contributed by atoms with Crippen molar-refractivity contribution in [1.29, 1.82) is 0 Å². The summed E-state index contributed by atoms with van der Waals surface area (Å²) in [7, 11) is 3.99. The molecule has 2 amide bonds. The predicted octanol–water partition coefficient (Wildman–Crippen LogP) is 0.750. The number of hydrogen-bond donors (Lipinski definition) is 2. The van der Waals surface area contributed by atoms with Gasteiger partial charge in [-0.1, -0.05) is 24.3 Å². The van der Waals surface area contributed by atoms with E-state index in [1.165, 1.54) is 0 Å². The lowest BCUT2D eigenvalue weighted by molar-refractivity contribution is 0.249. The monoisotopic (exact) mass is 220 g/mol. The summed E-state index contributed by atoms with van der Waals surface area (Å²) in [6, 6.07) is 7.18. The molecule has 0 aliphatic carbocycles. The predicted molar refractivity (Wildman–Crippen MR) is 64.1 cm³/mol. The molecule has 0 bridgehead atoms. The molecule has 0 radical (unpaired) electrons. The van der Waals surface area contributed by atoms with Crippen LogP contribution in [0.4, 0.5) is 4.79 Å². The van der Waals surface area contributed by atoms with Crippen LogP contribution in [0.2, 0.25) is 0 Å². The number of urea groups is 1. The number of rotatable bonds is 4. The highest BCUT2D eigenvalue weighted by Crippen LogP contribution is 2.07. The number of amides is 2. The van der Waals surface area contributed by atoms with Crippen molar-refractivity contribution in [2.24, 2.45) is 10.8 Å². The van der Waals surface area contributed by atoms with Crippen LogP contribution in [-0.4, -0.2) is 31.2 Å². The minimum absolute atomic E-state index is 0.665. The Morgan fingerprint density at radius 3 is 2.81 bits per heavy atom. The van der Waals surface area contributed by atoms with E-state index in [1.54, 1.807) is 6.21 Å². The summed E-state index contributed by atoms with van der Waals surface area (Å²) < 4.78 is 0. The quantitative estimate of drug-likeness (QED) is 0.580. The summed E-state index contributed by atoms with van der Waals surface area (Å²) in [4.78, 5) is 12.5. The fraction of sp³-hybridized carbons (Fsp3) is 0.273. The number of nitrogens with zero attached hydrogens (tertiary/aromatic N) is 2. The molecule has 0 unspecified atom stereocenters. The van der Waals surface area contributed by atoms with Crippen LogP contribution in [0.25, 0.3) is 0 Å². The number of primary amides is 1. The van der Waals surface area contributed by atoms with Crippen molar-refractivity contribution in [2.45, 2.75) is 6.54 Å². The second-order valence-corrected chi connectivity index (χ2v) is 3.67. The Bertz CT molecular complexity index is 387. The lowest BCUT2D eigenvalue weighted by Crippen LogP contribution is -2.24. The van der Waals surface area contributed by atoms with Gasteiger partial charge in [-0.05, 0) is 25.2 Å². The highest BCUT2D eigenvalue weighted by atomic mass is 16.2. The molecule has 0 aliphatic heterocycles. The van der Waals surface area contributed by atoms with Gasteiger partial charge in [0.25, 0.3) is 0 Å². The largest absolute Gasteiger partial charge is 0.350 e. The number of carbonyl (C=O) groups is 1. The van der Waals surface area contributed by atoms with Crippen molar-refractivity contribution in [2.75, 3.05) is 14.1 Å². The van der Waals surface area contributed by atoms with E-state index in [9.17, 15) is 4.79 Å². The Kier molecular flexibility index (Phi) is 4.47. The molecule has 0 aromatic heterocycles. The summed E-state index contributed by atoms with van der Waals surface area (Å²) in [6.45, 7) is 0.818. The molecule has 5 heteroatoms. The van der Waals surface area contributed by atoms with Gasteiger partial charge in [0.05, 0.1) is 6.21 Å². The maximum absolute atomic E-state index is 10.4. The van der Waals surface area contributed by atoms with Crippen molar-refractivity contribution < 1.29 is 4.79 Å². The van der Waals surface area contributed by atoms with Crippen LogP contribution in [0.5, 0.6) is 0 Å². The average molecular weight is 220 g/mol. The van der Waals surface area contributed by atoms with Crippen LogP contribution in [-0.2, 0) is 6.54 Å². The van der Waals surface area contributed by atoms with Crippen molar-refractivity contribution in [1.82, 2.24) is 10.3 Å². The van der Waals surface area contributed by atoms with Crippen LogP contribution in [0.15, 0.2) is 29.4 Å². The number of nitrogens with two attached hydrogens (primary N) is 1. The summed E-state index contributed by atoms with van der Waals surface area (Å²) in [5.41, 5.74) is 9.18. The minimum Gasteiger partial charge on any atom is -0.350 e. The van der Waals surface area contributed by atoms with Gasteiger partial charge in [0.1, 0.15) is 0 Å². The van der Waals surface area contributed by atoms with E-state index in [4.69, 9.17) is 5.73 Å². The van der Waals surface area contributed by atoms with Crippen LogP contribution in [0.1, 0.15) is 11.1 Å². The van der Waals surface area contributed by atoms with Crippen molar-refractivity contribution in [3.8, 4) is 0 Å². The first-order valence-electron chi connectivity index (χ1n) is 4.90. The smallest absolute Gasteiger partial charge is 0.332 e. The zero-order valence-corrected chi connectivity index (χ0v) is 9.47. The molecule has 5 nitrogen and oxygen atoms in total. The number of nitrogens with one attached hydrogen (secondary N) is 1. The molecule has 0 aliphatic rings. The molecule has 3 N–H and O–H groups in total. The van der Waals surface area contributed by atoms with Crippen LogP contribution in [0, 0.1) is 0 Å². The van der Waals surface area contributed by atoms with Gasteiger partial charge < -0.3 is 10.6 Å². The van der Waals surface area contributed by atoms with Gasteiger partial charge in [-0.3, -0.25) is 0 Å². The highest BCUT2D eigenvalue weighted by Gasteiger charge is 2.00. The molecular weight excluding hydrogens is 204 g/mol. The first-order valence-corrected chi connectivity index (χ1v) is 4.90. The Hall–Kier alpha value is -1.88. The molecule has 0 heterocycles. The molecular formula is C11H16N4O. The lowest BCUT2D eigenvalue weighted by atomic mass is 10.1. The Morgan fingerprint density at radius 1 is 1.50 bits per heavy atom. The Balaban J connectivity index is 2.78. The van der Waals surface area contributed by atoms with Gasteiger partial charge in [-0.2, -0.15) is 5.10 Å².